The smallest absolute Gasteiger partial charge is 0.127 e. The number of nitrogens with zero attached hydrogens (tertiary/aromatic N) is 1. The van der Waals surface area contributed by atoms with Gasteiger partial charge in [0, 0.05) is 23.5 Å². The molecule has 0 amide bonds. The fourth-order valence-corrected chi connectivity index (χ4v) is 3.24. The van der Waals surface area contributed by atoms with Gasteiger partial charge in [-0.15, -0.1) is 0 Å². The Bertz CT molecular complexity index is 397. The van der Waals surface area contributed by atoms with E-state index in [0.29, 0.717) is 18.2 Å². The van der Waals surface area contributed by atoms with Gasteiger partial charge in [0.2, 0.25) is 0 Å². The molecular formula is C14H18BrF2N. The molecule has 1 fully saturated rings. The topological polar surface area (TPSA) is 3.24 Å². The van der Waals surface area contributed by atoms with Gasteiger partial charge in [-0.05, 0) is 37.6 Å². The summed E-state index contributed by atoms with van der Waals surface area (Å²) in [6, 6.07) is 4.12. The third-order valence-corrected chi connectivity index (χ3v) is 4.31. The summed E-state index contributed by atoms with van der Waals surface area (Å²) in [6.45, 7) is 1.46. The van der Waals surface area contributed by atoms with Crippen LogP contribution >= 0.6 is 15.9 Å². The minimum absolute atomic E-state index is 0.311. The summed E-state index contributed by atoms with van der Waals surface area (Å²) in [6.07, 6.45) is 4.71. The summed E-state index contributed by atoms with van der Waals surface area (Å²) < 4.78 is 26.8. The van der Waals surface area contributed by atoms with Gasteiger partial charge in [0.15, 0.2) is 0 Å². The largest absolute Gasteiger partial charge is 0.295 e. The SMILES string of the molecule is Fc1ccc(F)c(CN2CCCCCC2CBr)c1. The summed E-state index contributed by atoms with van der Waals surface area (Å²) in [5, 5.41) is 0.893. The quantitative estimate of drug-likeness (QED) is 0.758. The van der Waals surface area contributed by atoms with Gasteiger partial charge in [0.1, 0.15) is 11.6 Å². The summed E-state index contributed by atoms with van der Waals surface area (Å²) in [5.41, 5.74) is 0.461. The zero-order valence-corrected chi connectivity index (χ0v) is 11.9. The van der Waals surface area contributed by atoms with E-state index in [1.165, 1.54) is 31.0 Å². The van der Waals surface area contributed by atoms with Crippen molar-refractivity contribution in [2.75, 3.05) is 11.9 Å². The van der Waals surface area contributed by atoms with E-state index in [1.807, 2.05) is 0 Å². The highest BCUT2D eigenvalue weighted by Crippen LogP contribution is 2.22. The molecule has 0 aliphatic carbocycles. The van der Waals surface area contributed by atoms with Crippen molar-refractivity contribution in [1.82, 2.24) is 4.90 Å². The first-order valence-electron chi connectivity index (χ1n) is 6.44. The maximum absolute atomic E-state index is 13.7. The minimum atomic E-state index is -0.364. The Hall–Kier alpha value is -0.480. The van der Waals surface area contributed by atoms with Crippen molar-refractivity contribution in [3.63, 3.8) is 0 Å². The predicted octanol–water partition coefficient (Wildman–Crippen LogP) is 4.10. The van der Waals surface area contributed by atoms with Crippen LogP contribution in [0.1, 0.15) is 31.2 Å². The van der Waals surface area contributed by atoms with Crippen LogP contribution in [0.2, 0.25) is 0 Å². The average molecular weight is 318 g/mol. The lowest BCUT2D eigenvalue weighted by molar-refractivity contribution is 0.206. The van der Waals surface area contributed by atoms with E-state index in [2.05, 4.69) is 20.8 Å². The van der Waals surface area contributed by atoms with Gasteiger partial charge in [0.05, 0.1) is 0 Å². The molecule has 1 aliphatic heterocycles. The van der Waals surface area contributed by atoms with Gasteiger partial charge in [-0.1, -0.05) is 28.8 Å². The van der Waals surface area contributed by atoms with Crippen molar-refractivity contribution in [3.05, 3.63) is 35.4 Å². The van der Waals surface area contributed by atoms with Crippen LogP contribution in [0.4, 0.5) is 8.78 Å². The van der Waals surface area contributed by atoms with Crippen molar-refractivity contribution in [1.29, 1.82) is 0 Å². The van der Waals surface area contributed by atoms with Crippen molar-refractivity contribution in [2.45, 2.75) is 38.3 Å². The molecule has 100 valence electrons. The standard InChI is InChI=1S/C14H18BrF2N/c15-9-13-4-2-1-3-7-18(13)10-11-8-12(16)5-6-14(11)17/h5-6,8,13H,1-4,7,9-10H2. The molecule has 0 N–H and O–H groups in total. The summed E-state index contributed by atoms with van der Waals surface area (Å²) in [7, 11) is 0. The van der Waals surface area contributed by atoms with Crippen LogP contribution in [0.15, 0.2) is 18.2 Å². The van der Waals surface area contributed by atoms with E-state index < -0.39 is 0 Å². The van der Waals surface area contributed by atoms with Crippen LogP contribution in [-0.4, -0.2) is 22.8 Å². The Labute approximate surface area is 115 Å². The Morgan fingerprint density at radius 2 is 2.06 bits per heavy atom. The summed E-state index contributed by atoms with van der Waals surface area (Å²) in [4.78, 5) is 2.26. The first-order chi connectivity index (χ1) is 8.70. The molecule has 1 aromatic rings. The number of halogens is 3. The molecule has 0 bridgehead atoms. The number of hydrogen-bond acceptors (Lipinski definition) is 1. The molecule has 0 saturated carbocycles. The monoisotopic (exact) mass is 317 g/mol. The highest BCUT2D eigenvalue weighted by atomic mass is 79.9. The maximum atomic E-state index is 13.7. The molecule has 1 atom stereocenters. The van der Waals surface area contributed by atoms with Crippen molar-refractivity contribution < 1.29 is 8.78 Å². The molecule has 1 nitrogen and oxygen atoms in total. The molecule has 2 rings (SSSR count). The second-order valence-corrected chi connectivity index (χ2v) is 5.51. The fourth-order valence-electron chi connectivity index (χ4n) is 2.50. The van der Waals surface area contributed by atoms with E-state index in [9.17, 15) is 8.78 Å². The van der Waals surface area contributed by atoms with E-state index in [-0.39, 0.29) is 11.6 Å². The van der Waals surface area contributed by atoms with E-state index >= 15 is 0 Å². The second kappa shape index (κ2) is 6.62. The average Bonchev–Trinajstić information content (AvgIpc) is 2.59. The zero-order chi connectivity index (χ0) is 13.0. The third kappa shape index (κ3) is 3.51. The zero-order valence-electron chi connectivity index (χ0n) is 10.3. The fraction of sp³-hybridized carbons (Fsp3) is 0.571. The summed E-state index contributed by atoms with van der Waals surface area (Å²) in [5.74, 6) is -0.675. The van der Waals surface area contributed by atoms with Crippen LogP contribution in [-0.2, 0) is 6.54 Å². The van der Waals surface area contributed by atoms with Gasteiger partial charge in [-0.25, -0.2) is 8.78 Å². The lowest BCUT2D eigenvalue weighted by atomic mass is 10.1. The van der Waals surface area contributed by atoms with Gasteiger partial charge >= 0.3 is 0 Å². The second-order valence-electron chi connectivity index (χ2n) is 4.86. The predicted molar refractivity (Wildman–Crippen MR) is 72.8 cm³/mol. The van der Waals surface area contributed by atoms with Crippen molar-refractivity contribution in [3.8, 4) is 0 Å². The number of benzene rings is 1. The van der Waals surface area contributed by atoms with Crippen LogP contribution in [0.5, 0.6) is 0 Å². The number of hydrogen-bond donors (Lipinski definition) is 0. The Morgan fingerprint density at radius 1 is 1.22 bits per heavy atom. The maximum Gasteiger partial charge on any atom is 0.127 e. The molecule has 0 spiro atoms. The molecule has 1 aromatic carbocycles. The van der Waals surface area contributed by atoms with Gasteiger partial charge in [0.25, 0.3) is 0 Å². The van der Waals surface area contributed by atoms with Crippen LogP contribution < -0.4 is 0 Å². The van der Waals surface area contributed by atoms with Crippen LogP contribution in [0.3, 0.4) is 0 Å². The molecule has 4 heteroatoms. The Balaban J connectivity index is 2.12. The van der Waals surface area contributed by atoms with Gasteiger partial charge in [-0.3, -0.25) is 4.90 Å². The molecule has 1 unspecified atom stereocenters. The minimum Gasteiger partial charge on any atom is -0.295 e. The third-order valence-electron chi connectivity index (χ3n) is 3.56. The Kier molecular flexibility index (Phi) is 5.13. The van der Waals surface area contributed by atoms with Gasteiger partial charge in [-0.2, -0.15) is 0 Å². The highest BCUT2D eigenvalue weighted by molar-refractivity contribution is 9.09. The first kappa shape index (κ1) is 13.9. The van der Waals surface area contributed by atoms with Crippen LogP contribution in [0, 0.1) is 11.6 Å². The first-order valence-corrected chi connectivity index (χ1v) is 7.57. The number of likely N-dealkylation sites (tertiary alicyclic amines) is 1. The van der Waals surface area contributed by atoms with E-state index in [0.717, 1.165) is 24.7 Å². The molecule has 18 heavy (non-hydrogen) atoms. The summed E-state index contributed by atoms with van der Waals surface area (Å²) >= 11 is 3.52. The molecule has 0 radical (unpaired) electrons. The lowest BCUT2D eigenvalue weighted by Crippen LogP contribution is -2.35. The molecule has 0 aromatic heterocycles. The highest BCUT2D eigenvalue weighted by Gasteiger charge is 2.21. The Morgan fingerprint density at radius 3 is 2.83 bits per heavy atom. The van der Waals surface area contributed by atoms with E-state index in [1.54, 1.807) is 0 Å². The molecular weight excluding hydrogens is 300 g/mol. The van der Waals surface area contributed by atoms with E-state index in [4.69, 9.17) is 0 Å². The normalized spacial score (nSPS) is 21.8. The van der Waals surface area contributed by atoms with Crippen LogP contribution in [0.25, 0.3) is 0 Å². The molecule has 1 heterocycles. The molecule has 1 aliphatic rings. The lowest BCUT2D eigenvalue weighted by Gasteiger charge is -2.28. The number of rotatable bonds is 3. The molecule has 1 saturated heterocycles. The van der Waals surface area contributed by atoms with Gasteiger partial charge < -0.3 is 0 Å². The van der Waals surface area contributed by atoms with Crippen molar-refractivity contribution >= 4 is 15.9 Å². The van der Waals surface area contributed by atoms with Crippen molar-refractivity contribution in [2.24, 2.45) is 0 Å². The number of alkyl halides is 1.